The third-order valence-electron chi connectivity index (χ3n) is 2.59. The number of rotatable bonds is 4. The average Bonchev–Trinajstić information content (AvgIpc) is 2.40. The van der Waals surface area contributed by atoms with E-state index in [1.807, 2.05) is 12.1 Å². The number of benzene rings is 1. The minimum Gasteiger partial charge on any atom is -0.308 e. The Kier molecular flexibility index (Phi) is 5.02. The van der Waals surface area contributed by atoms with Crippen LogP contribution in [0, 0.1) is 0 Å². The van der Waals surface area contributed by atoms with Gasteiger partial charge in [0.1, 0.15) is 0 Å². The van der Waals surface area contributed by atoms with Crippen molar-refractivity contribution in [3.05, 3.63) is 47.2 Å². The topological polar surface area (TPSA) is 37.8 Å². The molecule has 3 nitrogen and oxygen atoms in total. The Balaban J connectivity index is 2.22. The van der Waals surface area contributed by atoms with E-state index in [9.17, 15) is 0 Å². The van der Waals surface area contributed by atoms with E-state index in [1.165, 1.54) is 11.8 Å². The summed E-state index contributed by atoms with van der Waals surface area (Å²) in [4.78, 5) is 9.49. The first-order chi connectivity index (χ1) is 9.46. The lowest BCUT2D eigenvalue weighted by molar-refractivity contribution is 0.422. The molecule has 0 unspecified atom stereocenters. The van der Waals surface area contributed by atoms with Gasteiger partial charge in [-0.15, -0.1) is 0 Å². The third-order valence-corrected chi connectivity index (χ3v) is 4.10. The normalized spacial score (nSPS) is 11.6. The van der Waals surface area contributed by atoms with Crippen LogP contribution in [0.4, 0.5) is 0 Å². The molecule has 5 heteroatoms. The first-order valence-electron chi connectivity index (χ1n) is 6.43. The third kappa shape index (κ3) is 4.47. The summed E-state index contributed by atoms with van der Waals surface area (Å²) in [6.07, 6.45) is 3.47. The quantitative estimate of drug-likeness (QED) is 0.860. The molecular weight excluding hydrogens is 290 g/mol. The van der Waals surface area contributed by atoms with Gasteiger partial charge in [0, 0.05) is 29.4 Å². The zero-order chi connectivity index (χ0) is 14.6. The zero-order valence-corrected chi connectivity index (χ0v) is 13.4. The molecule has 2 rings (SSSR count). The molecule has 0 radical (unpaired) electrons. The van der Waals surface area contributed by atoms with Crippen molar-refractivity contribution in [2.75, 3.05) is 0 Å². The lowest BCUT2D eigenvalue weighted by Crippen LogP contribution is -2.35. The molecule has 20 heavy (non-hydrogen) atoms. The molecule has 1 aromatic carbocycles. The summed E-state index contributed by atoms with van der Waals surface area (Å²) in [5, 5.41) is 4.92. The summed E-state index contributed by atoms with van der Waals surface area (Å²) in [6.45, 7) is 7.19. The van der Waals surface area contributed by atoms with Crippen LogP contribution in [0.1, 0.15) is 26.3 Å². The largest absolute Gasteiger partial charge is 0.308 e. The fraction of sp³-hybridized carbons (Fsp3) is 0.333. The van der Waals surface area contributed by atoms with Gasteiger partial charge in [-0.05, 0) is 50.2 Å². The minimum atomic E-state index is 0.0630. The van der Waals surface area contributed by atoms with Crippen molar-refractivity contribution >= 4 is 23.4 Å². The van der Waals surface area contributed by atoms with E-state index >= 15 is 0 Å². The number of hydrogen-bond acceptors (Lipinski definition) is 4. The van der Waals surface area contributed by atoms with Gasteiger partial charge in [0.15, 0.2) is 5.16 Å². The van der Waals surface area contributed by atoms with Crippen molar-refractivity contribution in [3.8, 4) is 0 Å². The molecule has 0 bridgehead atoms. The maximum Gasteiger partial charge on any atom is 0.192 e. The Morgan fingerprint density at radius 3 is 2.50 bits per heavy atom. The van der Waals surface area contributed by atoms with Gasteiger partial charge in [-0.1, -0.05) is 23.7 Å². The highest BCUT2D eigenvalue weighted by Crippen LogP contribution is 2.34. The summed E-state index contributed by atoms with van der Waals surface area (Å²) >= 11 is 7.82. The highest BCUT2D eigenvalue weighted by atomic mass is 35.5. The molecule has 0 fully saturated rings. The van der Waals surface area contributed by atoms with Crippen LogP contribution in [-0.4, -0.2) is 15.5 Å². The van der Waals surface area contributed by atoms with Gasteiger partial charge in [0.2, 0.25) is 0 Å². The summed E-state index contributed by atoms with van der Waals surface area (Å²) in [7, 11) is 0. The predicted molar refractivity (Wildman–Crippen MR) is 84.2 cm³/mol. The second kappa shape index (κ2) is 6.57. The minimum absolute atomic E-state index is 0.0630. The van der Waals surface area contributed by atoms with Gasteiger partial charge in [-0.2, -0.15) is 0 Å². The Morgan fingerprint density at radius 1 is 1.15 bits per heavy atom. The van der Waals surface area contributed by atoms with Crippen molar-refractivity contribution in [1.29, 1.82) is 0 Å². The van der Waals surface area contributed by atoms with Crippen LogP contribution in [-0.2, 0) is 6.54 Å². The lowest BCUT2D eigenvalue weighted by Gasteiger charge is -2.21. The summed E-state index contributed by atoms with van der Waals surface area (Å²) in [6, 6.07) is 7.75. The van der Waals surface area contributed by atoms with Crippen LogP contribution < -0.4 is 5.32 Å². The molecule has 0 atom stereocenters. The lowest BCUT2D eigenvalue weighted by atomic mass is 10.1. The molecule has 106 valence electrons. The van der Waals surface area contributed by atoms with Crippen molar-refractivity contribution in [1.82, 2.24) is 15.3 Å². The number of halogens is 1. The van der Waals surface area contributed by atoms with Gasteiger partial charge in [-0.25, -0.2) is 9.97 Å². The van der Waals surface area contributed by atoms with E-state index in [-0.39, 0.29) is 5.54 Å². The second-order valence-corrected chi connectivity index (χ2v) is 6.85. The second-order valence-electron chi connectivity index (χ2n) is 5.47. The monoisotopic (exact) mass is 307 g/mol. The molecule has 1 heterocycles. The SMILES string of the molecule is CC(C)(C)NCc1cccc(Cl)c1Sc1ncccn1. The first-order valence-corrected chi connectivity index (χ1v) is 7.62. The van der Waals surface area contributed by atoms with Gasteiger partial charge >= 0.3 is 0 Å². The van der Waals surface area contributed by atoms with Crippen molar-refractivity contribution in [2.24, 2.45) is 0 Å². The Labute approximate surface area is 129 Å². The number of nitrogens with one attached hydrogen (secondary N) is 1. The summed E-state index contributed by atoms with van der Waals surface area (Å²) < 4.78 is 0. The van der Waals surface area contributed by atoms with Gasteiger partial charge in [0.25, 0.3) is 0 Å². The molecule has 0 amide bonds. The summed E-state index contributed by atoms with van der Waals surface area (Å²) in [5.74, 6) is 0. The number of aromatic nitrogens is 2. The van der Waals surface area contributed by atoms with Crippen LogP contribution in [0.5, 0.6) is 0 Å². The highest BCUT2D eigenvalue weighted by molar-refractivity contribution is 7.99. The highest BCUT2D eigenvalue weighted by Gasteiger charge is 2.13. The summed E-state index contributed by atoms with van der Waals surface area (Å²) in [5.41, 5.74) is 1.22. The Morgan fingerprint density at radius 2 is 1.85 bits per heavy atom. The molecule has 0 saturated carbocycles. The Hall–Kier alpha value is -1.10. The molecule has 1 aromatic heterocycles. The molecule has 1 N–H and O–H groups in total. The van der Waals surface area contributed by atoms with E-state index in [1.54, 1.807) is 18.5 Å². The molecule has 0 aliphatic heterocycles. The fourth-order valence-electron chi connectivity index (χ4n) is 1.60. The smallest absolute Gasteiger partial charge is 0.192 e. The van der Waals surface area contributed by atoms with Gasteiger partial charge in [-0.3, -0.25) is 0 Å². The van der Waals surface area contributed by atoms with Crippen molar-refractivity contribution in [3.63, 3.8) is 0 Å². The van der Waals surface area contributed by atoms with E-state index in [4.69, 9.17) is 11.6 Å². The molecule has 0 saturated heterocycles. The van der Waals surface area contributed by atoms with Crippen LogP contribution in [0.3, 0.4) is 0 Å². The number of hydrogen-bond donors (Lipinski definition) is 1. The molecule has 2 aromatic rings. The zero-order valence-electron chi connectivity index (χ0n) is 11.9. The standard InChI is InChI=1S/C15H18ClN3S/c1-15(2,3)19-10-11-6-4-7-12(16)13(11)20-14-17-8-5-9-18-14/h4-9,19H,10H2,1-3H3. The maximum absolute atomic E-state index is 6.33. The molecule has 0 spiro atoms. The van der Waals surface area contributed by atoms with Crippen LogP contribution in [0.25, 0.3) is 0 Å². The van der Waals surface area contributed by atoms with E-state index in [2.05, 4.69) is 42.1 Å². The number of nitrogens with zero attached hydrogens (tertiary/aromatic N) is 2. The molecule has 0 aliphatic carbocycles. The predicted octanol–water partition coefficient (Wildman–Crippen LogP) is 4.17. The fourth-order valence-corrected chi connectivity index (χ4v) is 2.75. The van der Waals surface area contributed by atoms with E-state index in [0.29, 0.717) is 5.16 Å². The average molecular weight is 308 g/mol. The first kappa shape index (κ1) is 15.3. The Bertz CT molecular complexity index is 567. The molecular formula is C15H18ClN3S. The van der Waals surface area contributed by atoms with Gasteiger partial charge < -0.3 is 5.32 Å². The van der Waals surface area contributed by atoms with Crippen molar-refractivity contribution < 1.29 is 0 Å². The van der Waals surface area contributed by atoms with Crippen LogP contribution in [0.2, 0.25) is 5.02 Å². The van der Waals surface area contributed by atoms with Crippen molar-refractivity contribution in [2.45, 2.75) is 42.9 Å². The van der Waals surface area contributed by atoms with E-state index < -0.39 is 0 Å². The van der Waals surface area contributed by atoms with E-state index in [0.717, 1.165) is 22.0 Å². The van der Waals surface area contributed by atoms with Gasteiger partial charge in [0.05, 0.1) is 5.02 Å². The maximum atomic E-state index is 6.33. The van der Waals surface area contributed by atoms with Crippen LogP contribution in [0.15, 0.2) is 46.7 Å². The van der Waals surface area contributed by atoms with Crippen LogP contribution >= 0.6 is 23.4 Å². The molecule has 0 aliphatic rings.